The number of hydrogen-bond acceptors (Lipinski definition) is 4. The predicted molar refractivity (Wildman–Crippen MR) is 82.9 cm³/mol. The fourth-order valence-electron chi connectivity index (χ4n) is 2.30. The molecule has 1 N–H and O–H groups in total. The Morgan fingerprint density at radius 1 is 1.29 bits per heavy atom. The highest BCUT2D eigenvalue weighted by atomic mass is 16.2. The topological polar surface area (TPSA) is 63.1 Å². The van der Waals surface area contributed by atoms with Gasteiger partial charge < -0.3 is 10.2 Å². The number of carbonyl (C=O) groups excluding carboxylic acids is 1. The minimum atomic E-state index is -0.0230. The maximum Gasteiger partial charge on any atom is 0.241 e. The summed E-state index contributed by atoms with van der Waals surface area (Å²) >= 11 is 0. The molecule has 0 aliphatic rings. The lowest BCUT2D eigenvalue weighted by Gasteiger charge is -2.17. The van der Waals surface area contributed by atoms with Gasteiger partial charge in [-0.1, -0.05) is 31.2 Å². The van der Waals surface area contributed by atoms with Crippen LogP contribution >= 0.6 is 0 Å². The minimum absolute atomic E-state index is 0.0230. The number of rotatable bonds is 8. The summed E-state index contributed by atoms with van der Waals surface area (Å²) in [6, 6.07) is 7.64. The smallest absolute Gasteiger partial charge is 0.241 e. The Bertz CT molecular complexity index is 576. The molecule has 6 nitrogen and oxygen atoms in total. The van der Waals surface area contributed by atoms with Crippen LogP contribution in [0.3, 0.4) is 0 Å². The van der Waals surface area contributed by atoms with Gasteiger partial charge in [-0.15, -0.1) is 5.10 Å². The van der Waals surface area contributed by atoms with Crippen molar-refractivity contribution in [3.05, 3.63) is 24.3 Å². The van der Waals surface area contributed by atoms with E-state index in [1.165, 1.54) is 0 Å². The van der Waals surface area contributed by atoms with E-state index in [4.69, 9.17) is 0 Å². The first-order chi connectivity index (χ1) is 10.2. The second-order valence-corrected chi connectivity index (χ2v) is 4.97. The Balaban J connectivity index is 1.77. The summed E-state index contributed by atoms with van der Waals surface area (Å²) in [4.78, 5) is 14.3. The molecule has 0 aliphatic heterocycles. The van der Waals surface area contributed by atoms with Crippen LogP contribution < -0.4 is 5.32 Å². The number of benzene rings is 1. The van der Waals surface area contributed by atoms with Crippen molar-refractivity contribution in [3.8, 4) is 0 Å². The lowest BCUT2D eigenvalue weighted by molar-refractivity contribution is -0.121. The van der Waals surface area contributed by atoms with Crippen LogP contribution in [0.25, 0.3) is 11.0 Å². The Kier molecular flexibility index (Phi) is 5.68. The quantitative estimate of drug-likeness (QED) is 0.744. The van der Waals surface area contributed by atoms with Gasteiger partial charge in [0, 0.05) is 6.54 Å². The lowest BCUT2D eigenvalue weighted by Crippen LogP contribution is -2.32. The fourth-order valence-corrected chi connectivity index (χ4v) is 2.30. The molecule has 1 aromatic heterocycles. The number of carbonyl (C=O) groups is 1. The SMILES string of the molecule is CCN(CC)CCCNC(=O)Cn1nnc2ccccc21. The van der Waals surface area contributed by atoms with Crippen molar-refractivity contribution in [2.75, 3.05) is 26.2 Å². The van der Waals surface area contributed by atoms with E-state index in [0.29, 0.717) is 6.54 Å². The molecular weight excluding hydrogens is 266 g/mol. The Morgan fingerprint density at radius 3 is 2.81 bits per heavy atom. The number of para-hydroxylation sites is 1. The summed E-state index contributed by atoms with van der Waals surface area (Å²) in [6.45, 7) is 8.33. The zero-order chi connectivity index (χ0) is 15.1. The number of amides is 1. The van der Waals surface area contributed by atoms with Crippen LogP contribution in [-0.2, 0) is 11.3 Å². The first-order valence-electron chi connectivity index (χ1n) is 7.51. The van der Waals surface area contributed by atoms with Crippen LogP contribution in [0.15, 0.2) is 24.3 Å². The second-order valence-electron chi connectivity index (χ2n) is 4.97. The van der Waals surface area contributed by atoms with Gasteiger partial charge in [-0.25, -0.2) is 4.68 Å². The summed E-state index contributed by atoms with van der Waals surface area (Å²) in [5, 5.41) is 11.0. The van der Waals surface area contributed by atoms with Crippen LogP contribution in [0.4, 0.5) is 0 Å². The molecule has 0 radical (unpaired) electrons. The van der Waals surface area contributed by atoms with Gasteiger partial charge in [0.1, 0.15) is 12.1 Å². The normalized spacial score (nSPS) is 11.2. The number of aromatic nitrogens is 3. The molecule has 1 heterocycles. The zero-order valence-electron chi connectivity index (χ0n) is 12.7. The van der Waals surface area contributed by atoms with E-state index >= 15 is 0 Å². The van der Waals surface area contributed by atoms with Gasteiger partial charge in [0.05, 0.1) is 5.52 Å². The van der Waals surface area contributed by atoms with Gasteiger partial charge in [0.2, 0.25) is 5.91 Å². The molecule has 2 aromatic rings. The first-order valence-corrected chi connectivity index (χ1v) is 7.51. The molecule has 21 heavy (non-hydrogen) atoms. The molecule has 0 saturated carbocycles. The summed E-state index contributed by atoms with van der Waals surface area (Å²) in [5.41, 5.74) is 1.70. The minimum Gasteiger partial charge on any atom is -0.354 e. The van der Waals surface area contributed by atoms with Crippen LogP contribution in [-0.4, -0.2) is 52.0 Å². The van der Waals surface area contributed by atoms with E-state index in [-0.39, 0.29) is 12.5 Å². The molecule has 0 spiro atoms. The molecule has 0 unspecified atom stereocenters. The average molecular weight is 289 g/mol. The summed E-state index contributed by atoms with van der Waals surface area (Å²) in [6.07, 6.45) is 0.964. The Morgan fingerprint density at radius 2 is 2.05 bits per heavy atom. The highest BCUT2D eigenvalue weighted by molar-refractivity contribution is 5.79. The summed E-state index contributed by atoms with van der Waals surface area (Å²) in [7, 11) is 0. The molecule has 0 atom stereocenters. The molecule has 0 aliphatic carbocycles. The molecule has 6 heteroatoms. The summed E-state index contributed by atoms with van der Waals surface area (Å²) in [5.74, 6) is -0.0230. The van der Waals surface area contributed by atoms with Crippen molar-refractivity contribution in [3.63, 3.8) is 0 Å². The highest BCUT2D eigenvalue weighted by Gasteiger charge is 2.08. The average Bonchev–Trinajstić information content (AvgIpc) is 2.91. The van der Waals surface area contributed by atoms with E-state index in [1.54, 1.807) is 4.68 Å². The number of nitrogens with one attached hydrogen (secondary N) is 1. The highest BCUT2D eigenvalue weighted by Crippen LogP contribution is 2.08. The molecule has 0 bridgehead atoms. The van der Waals surface area contributed by atoms with E-state index in [1.807, 2.05) is 24.3 Å². The van der Waals surface area contributed by atoms with Gasteiger partial charge >= 0.3 is 0 Å². The molecule has 1 amide bonds. The van der Waals surface area contributed by atoms with Gasteiger partial charge in [-0.3, -0.25) is 4.79 Å². The molecule has 1 aromatic carbocycles. The number of fused-ring (bicyclic) bond motifs is 1. The predicted octanol–water partition coefficient (Wildman–Crippen LogP) is 1.28. The number of nitrogens with zero attached hydrogens (tertiary/aromatic N) is 4. The van der Waals surface area contributed by atoms with Crippen molar-refractivity contribution >= 4 is 16.9 Å². The Hall–Kier alpha value is -1.95. The maximum atomic E-state index is 11.9. The Labute approximate surface area is 125 Å². The lowest BCUT2D eigenvalue weighted by atomic mass is 10.3. The zero-order valence-corrected chi connectivity index (χ0v) is 12.7. The molecule has 2 rings (SSSR count). The van der Waals surface area contributed by atoms with Crippen LogP contribution in [0, 0.1) is 0 Å². The third-order valence-electron chi connectivity index (χ3n) is 3.58. The van der Waals surface area contributed by atoms with Gasteiger partial charge in [0.25, 0.3) is 0 Å². The van der Waals surface area contributed by atoms with Crippen molar-refractivity contribution in [1.82, 2.24) is 25.2 Å². The van der Waals surface area contributed by atoms with Crippen LogP contribution in [0.5, 0.6) is 0 Å². The standard InChI is InChI=1S/C15H23N5O/c1-3-19(4-2)11-7-10-16-15(21)12-20-14-9-6-5-8-13(14)17-18-20/h5-6,8-9H,3-4,7,10-12H2,1-2H3,(H,16,21). The molecule has 0 fully saturated rings. The molecular formula is C15H23N5O. The van der Waals surface area contributed by atoms with E-state index in [9.17, 15) is 4.79 Å². The first kappa shape index (κ1) is 15.4. The number of hydrogen-bond donors (Lipinski definition) is 1. The van der Waals surface area contributed by atoms with Gasteiger partial charge in [-0.2, -0.15) is 0 Å². The van der Waals surface area contributed by atoms with Gasteiger partial charge in [0.15, 0.2) is 0 Å². The summed E-state index contributed by atoms with van der Waals surface area (Å²) < 4.78 is 1.63. The third-order valence-corrected chi connectivity index (χ3v) is 3.58. The fraction of sp³-hybridized carbons (Fsp3) is 0.533. The van der Waals surface area contributed by atoms with Crippen molar-refractivity contribution in [2.45, 2.75) is 26.8 Å². The second kappa shape index (κ2) is 7.73. The van der Waals surface area contributed by atoms with E-state index < -0.39 is 0 Å². The van der Waals surface area contributed by atoms with Crippen molar-refractivity contribution in [1.29, 1.82) is 0 Å². The van der Waals surface area contributed by atoms with Crippen LogP contribution in [0.2, 0.25) is 0 Å². The largest absolute Gasteiger partial charge is 0.354 e. The van der Waals surface area contributed by atoms with Crippen LogP contribution in [0.1, 0.15) is 20.3 Å². The monoisotopic (exact) mass is 289 g/mol. The molecule has 114 valence electrons. The van der Waals surface area contributed by atoms with Crippen molar-refractivity contribution < 1.29 is 4.79 Å². The molecule has 0 saturated heterocycles. The third kappa shape index (κ3) is 4.26. The van der Waals surface area contributed by atoms with E-state index in [0.717, 1.165) is 37.1 Å². The van der Waals surface area contributed by atoms with E-state index in [2.05, 4.69) is 34.4 Å². The van der Waals surface area contributed by atoms with Crippen molar-refractivity contribution in [2.24, 2.45) is 0 Å². The maximum absolute atomic E-state index is 11.9. The van der Waals surface area contributed by atoms with Gasteiger partial charge in [-0.05, 0) is 38.2 Å².